The molecule has 0 spiro atoms. The first-order chi connectivity index (χ1) is 9.65. The van der Waals surface area contributed by atoms with Crippen LogP contribution >= 0.6 is 0 Å². The lowest BCUT2D eigenvalue weighted by Crippen LogP contribution is -2.25. The molecule has 0 heterocycles. The summed E-state index contributed by atoms with van der Waals surface area (Å²) in [7, 11) is 0. The molecule has 0 saturated heterocycles. The minimum atomic E-state index is 0.285. The molecule has 0 aliphatic rings. The molecule has 0 unspecified atom stereocenters. The summed E-state index contributed by atoms with van der Waals surface area (Å²) in [5.74, 6) is 0. The molecule has 2 aromatic carbocycles. The molecule has 98 valence electrons. The quantitative estimate of drug-likeness (QED) is 0.679. The van der Waals surface area contributed by atoms with Crippen molar-refractivity contribution in [2.75, 3.05) is 4.90 Å². The maximum atomic E-state index is 7.00. The lowest BCUT2D eigenvalue weighted by molar-refractivity contribution is 0.789. The molecule has 0 atom stereocenters. The van der Waals surface area contributed by atoms with Gasteiger partial charge in [0, 0.05) is 17.4 Å². The molecule has 0 saturated carbocycles. The monoisotopic (exact) mass is 261 g/mol. The van der Waals surface area contributed by atoms with Crippen LogP contribution in [0.2, 0.25) is 0 Å². The molecular formula is C17H15N3. The second-order valence-electron chi connectivity index (χ2n) is 4.72. The van der Waals surface area contributed by atoms with Crippen LogP contribution < -0.4 is 4.90 Å². The third-order valence-corrected chi connectivity index (χ3v) is 3.03. The summed E-state index contributed by atoms with van der Waals surface area (Å²) < 4.78 is 0. The Hall–Kier alpha value is -2.78. The van der Waals surface area contributed by atoms with Gasteiger partial charge in [-0.15, -0.1) is 0 Å². The highest BCUT2D eigenvalue weighted by molar-refractivity contribution is 5.68. The summed E-state index contributed by atoms with van der Waals surface area (Å²) in [6.45, 7) is 18.2. The van der Waals surface area contributed by atoms with Crippen LogP contribution in [0.25, 0.3) is 9.69 Å². The van der Waals surface area contributed by atoms with Gasteiger partial charge in [-0.1, -0.05) is 24.3 Å². The average Bonchev–Trinajstić information content (AvgIpc) is 2.48. The Morgan fingerprint density at radius 1 is 0.750 bits per heavy atom. The van der Waals surface area contributed by atoms with E-state index < -0.39 is 0 Å². The second kappa shape index (κ2) is 5.91. The van der Waals surface area contributed by atoms with Crippen molar-refractivity contribution in [3.63, 3.8) is 0 Å². The Kier molecular flexibility index (Phi) is 4.03. The average molecular weight is 261 g/mol. The zero-order chi connectivity index (χ0) is 14.5. The van der Waals surface area contributed by atoms with Gasteiger partial charge in [0.1, 0.15) is 0 Å². The van der Waals surface area contributed by atoms with E-state index in [0.29, 0.717) is 11.4 Å². The molecular weight excluding hydrogens is 246 g/mol. The van der Waals surface area contributed by atoms with Crippen molar-refractivity contribution in [3.8, 4) is 0 Å². The van der Waals surface area contributed by atoms with Crippen LogP contribution in [-0.4, -0.2) is 6.04 Å². The maximum Gasteiger partial charge on any atom is 0.187 e. The lowest BCUT2D eigenvalue weighted by atomic mass is 10.1. The topological polar surface area (TPSA) is 12.0 Å². The summed E-state index contributed by atoms with van der Waals surface area (Å²) in [5, 5.41) is 0. The molecule has 0 radical (unpaired) electrons. The van der Waals surface area contributed by atoms with Gasteiger partial charge in [0.25, 0.3) is 0 Å². The molecule has 0 fully saturated rings. The summed E-state index contributed by atoms with van der Waals surface area (Å²) in [6, 6.07) is 15.4. The normalized spacial score (nSPS) is 9.85. The fraction of sp³-hybridized carbons (Fsp3) is 0.176. The van der Waals surface area contributed by atoms with E-state index in [1.807, 2.05) is 48.5 Å². The number of rotatable bonds is 3. The van der Waals surface area contributed by atoms with Gasteiger partial charge in [-0.3, -0.25) is 0 Å². The lowest BCUT2D eigenvalue weighted by Gasteiger charge is -2.29. The molecule has 0 N–H and O–H groups in total. The van der Waals surface area contributed by atoms with Crippen molar-refractivity contribution in [1.29, 1.82) is 0 Å². The van der Waals surface area contributed by atoms with Gasteiger partial charge in [-0.05, 0) is 38.1 Å². The molecule has 0 bridgehead atoms. The molecule has 2 aromatic rings. The molecule has 0 aromatic heterocycles. The molecule has 0 amide bonds. The zero-order valence-corrected chi connectivity index (χ0v) is 11.5. The van der Waals surface area contributed by atoms with Gasteiger partial charge in [-0.2, -0.15) is 0 Å². The van der Waals surface area contributed by atoms with E-state index in [-0.39, 0.29) is 6.04 Å². The van der Waals surface area contributed by atoms with Crippen molar-refractivity contribution < 1.29 is 0 Å². The standard InChI is InChI=1S/C17H15N3/c1-13(2)20(16-9-5-14(18-3)6-10-16)17-11-7-15(19-4)8-12-17/h5-13H,1-2H3. The Balaban J connectivity index is 2.39. The van der Waals surface area contributed by atoms with Crippen LogP contribution in [0.15, 0.2) is 48.5 Å². The zero-order valence-electron chi connectivity index (χ0n) is 11.5. The number of hydrogen-bond acceptors (Lipinski definition) is 1. The maximum absolute atomic E-state index is 7.00. The third kappa shape index (κ3) is 2.79. The van der Waals surface area contributed by atoms with E-state index in [2.05, 4.69) is 28.4 Å². The first-order valence-electron chi connectivity index (χ1n) is 6.40. The minimum Gasteiger partial charge on any atom is -0.339 e. The first kappa shape index (κ1) is 13.6. The number of hydrogen-bond donors (Lipinski definition) is 0. The summed E-state index contributed by atoms with van der Waals surface area (Å²) in [4.78, 5) is 9.00. The van der Waals surface area contributed by atoms with Crippen molar-refractivity contribution in [3.05, 3.63) is 71.4 Å². The van der Waals surface area contributed by atoms with Gasteiger partial charge in [0.15, 0.2) is 11.4 Å². The molecule has 0 aliphatic heterocycles. The van der Waals surface area contributed by atoms with Crippen LogP contribution in [-0.2, 0) is 0 Å². The van der Waals surface area contributed by atoms with E-state index in [1.54, 1.807) is 0 Å². The SMILES string of the molecule is [C-]#[N+]c1ccc(N(c2ccc([N+]#[C-])cc2)C(C)C)cc1. The highest BCUT2D eigenvalue weighted by atomic mass is 15.2. The summed E-state index contributed by atoms with van der Waals surface area (Å²) >= 11 is 0. The van der Waals surface area contributed by atoms with E-state index >= 15 is 0 Å². The van der Waals surface area contributed by atoms with Crippen LogP contribution in [0, 0.1) is 13.1 Å². The van der Waals surface area contributed by atoms with E-state index in [4.69, 9.17) is 13.1 Å². The fourth-order valence-electron chi connectivity index (χ4n) is 2.12. The molecule has 0 aliphatic carbocycles. The first-order valence-corrected chi connectivity index (χ1v) is 6.40. The van der Waals surface area contributed by atoms with Crippen molar-refractivity contribution >= 4 is 22.7 Å². The third-order valence-electron chi connectivity index (χ3n) is 3.03. The molecule has 2 rings (SSSR count). The highest BCUT2D eigenvalue weighted by Gasteiger charge is 2.12. The Labute approximate surface area is 119 Å². The second-order valence-corrected chi connectivity index (χ2v) is 4.72. The van der Waals surface area contributed by atoms with Crippen LogP contribution in [0.4, 0.5) is 22.7 Å². The summed E-state index contributed by atoms with van der Waals surface area (Å²) in [5.41, 5.74) is 3.37. The number of nitrogens with zero attached hydrogens (tertiary/aromatic N) is 3. The molecule has 3 heteroatoms. The predicted molar refractivity (Wildman–Crippen MR) is 82.7 cm³/mol. The minimum absolute atomic E-state index is 0.285. The van der Waals surface area contributed by atoms with Gasteiger partial charge >= 0.3 is 0 Å². The fourth-order valence-corrected chi connectivity index (χ4v) is 2.12. The molecule has 3 nitrogen and oxygen atoms in total. The van der Waals surface area contributed by atoms with E-state index in [0.717, 1.165) is 11.4 Å². The van der Waals surface area contributed by atoms with Crippen molar-refractivity contribution in [2.45, 2.75) is 19.9 Å². The van der Waals surface area contributed by atoms with Crippen LogP contribution in [0.1, 0.15) is 13.8 Å². The largest absolute Gasteiger partial charge is 0.339 e. The molecule has 20 heavy (non-hydrogen) atoms. The Morgan fingerprint density at radius 3 is 1.35 bits per heavy atom. The van der Waals surface area contributed by atoms with Gasteiger partial charge in [0.2, 0.25) is 0 Å². The van der Waals surface area contributed by atoms with Crippen molar-refractivity contribution in [1.82, 2.24) is 0 Å². The number of anilines is 2. The highest BCUT2D eigenvalue weighted by Crippen LogP contribution is 2.30. The van der Waals surface area contributed by atoms with Crippen molar-refractivity contribution in [2.24, 2.45) is 0 Å². The Morgan fingerprint density at radius 2 is 1.10 bits per heavy atom. The van der Waals surface area contributed by atoms with Gasteiger partial charge in [0.05, 0.1) is 13.1 Å². The van der Waals surface area contributed by atoms with E-state index in [1.165, 1.54) is 0 Å². The van der Waals surface area contributed by atoms with Gasteiger partial charge < -0.3 is 4.90 Å². The van der Waals surface area contributed by atoms with Crippen LogP contribution in [0.3, 0.4) is 0 Å². The predicted octanol–water partition coefficient (Wildman–Crippen LogP) is 5.33. The number of benzene rings is 2. The smallest absolute Gasteiger partial charge is 0.187 e. The Bertz CT molecular complexity index is 598. The van der Waals surface area contributed by atoms with Gasteiger partial charge in [-0.25, -0.2) is 9.69 Å². The van der Waals surface area contributed by atoms with Crippen LogP contribution in [0.5, 0.6) is 0 Å². The summed E-state index contributed by atoms with van der Waals surface area (Å²) in [6.07, 6.45) is 0. The van der Waals surface area contributed by atoms with E-state index in [9.17, 15) is 0 Å².